The number of carbonyl (C=O) groups excluding carboxylic acids is 1. The molecule has 0 atom stereocenters. The maximum absolute atomic E-state index is 11.9. The Morgan fingerprint density at radius 1 is 1.21 bits per heavy atom. The lowest BCUT2D eigenvalue weighted by molar-refractivity contribution is 0.0994. The lowest BCUT2D eigenvalue weighted by atomic mass is 9.79. The van der Waals surface area contributed by atoms with E-state index < -0.39 is 13.0 Å². The molecule has 10 heteroatoms. The van der Waals surface area contributed by atoms with Crippen LogP contribution in [0.5, 0.6) is 0 Å². The number of aromatic nitrogens is 3. The third-order valence-corrected chi connectivity index (χ3v) is 5.76. The topological polar surface area (TPSA) is 135 Å². The third kappa shape index (κ3) is 3.84. The van der Waals surface area contributed by atoms with Crippen LogP contribution < -0.4 is 16.5 Å². The van der Waals surface area contributed by atoms with Crippen molar-refractivity contribution in [1.82, 2.24) is 14.4 Å². The van der Waals surface area contributed by atoms with Crippen LogP contribution in [-0.2, 0) is 24.5 Å². The van der Waals surface area contributed by atoms with Crippen LogP contribution in [0.15, 0.2) is 48.7 Å². The molecule has 1 aliphatic heterocycles. The first-order valence-electron chi connectivity index (χ1n) is 10.5. The second-order valence-electron chi connectivity index (χ2n) is 8.00. The Balaban J connectivity index is 1.56. The summed E-state index contributed by atoms with van der Waals surface area (Å²) < 4.78 is 7.39. The molecule has 3 aromatic heterocycles. The maximum Gasteiger partial charge on any atom is 0.488 e. The molecule has 0 radical (unpaired) electrons. The molecule has 9 nitrogen and oxygen atoms in total. The molecule has 0 fully saturated rings. The molecule has 4 aromatic rings. The average molecular weight is 443 g/mol. The van der Waals surface area contributed by atoms with Crippen LogP contribution in [0.3, 0.4) is 0 Å². The fourth-order valence-electron chi connectivity index (χ4n) is 4.17. The van der Waals surface area contributed by atoms with Gasteiger partial charge >= 0.3 is 7.12 Å². The van der Waals surface area contributed by atoms with Gasteiger partial charge in [0.25, 0.3) is 5.91 Å². The molecule has 1 aromatic carbocycles. The molecular formula is C23H22BN5O4. The number of amides is 1. The minimum Gasteiger partial charge on any atom is -0.423 e. The maximum atomic E-state index is 11.9. The summed E-state index contributed by atoms with van der Waals surface area (Å²) in [6.07, 6.45) is 1.86. The number of benzene rings is 1. The first-order chi connectivity index (χ1) is 15.9. The fourth-order valence-corrected chi connectivity index (χ4v) is 4.17. The first kappa shape index (κ1) is 21.1. The van der Waals surface area contributed by atoms with Gasteiger partial charge in [-0.3, -0.25) is 4.79 Å². The van der Waals surface area contributed by atoms with Gasteiger partial charge in [0.1, 0.15) is 11.5 Å². The van der Waals surface area contributed by atoms with Crippen LogP contribution in [0.2, 0.25) is 0 Å². The van der Waals surface area contributed by atoms with E-state index in [-0.39, 0.29) is 0 Å². The number of carbonyl (C=O) groups is 1. The number of pyridine rings is 1. The molecule has 166 valence electrons. The van der Waals surface area contributed by atoms with Gasteiger partial charge in [0.15, 0.2) is 5.82 Å². The normalized spacial score (nSPS) is 12.7. The van der Waals surface area contributed by atoms with Gasteiger partial charge in [0.2, 0.25) is 0 Å². The lowest BCUT2D eigenvalue weighted by Crippen LogP contribution is -2.30. The Hall–Kier alpha value is -3.73. The number of anilines is 1. The van der Waals surface area contributed by atoms with Gasteiger partial charge < -0.3 is 30.2 Å². The number of rotatable bonds is 6. The van der Waals surface area contributed by atoms with E-state index in [1.54, 1.807) is 34.7 Å². The number of aryl methyl sites for hydroxylation is 1. The van der Waals surface area contributed by atoms with Gasteiger partial charge in [-0.05, 0) is 35.6 Å². The SMILES string of the molecule is Cc1cn2c(C(N)=O)cccc2c1-c1nc2c(c(NCc3cccc(B(O)O)c3)n1)COC2. The predicted octanol–water partition coefficient (Wildman–Crippen LogP) is 1.13. The van der Waals surface area contributed by atoms with Crippen LogP contribution in [0.1, 0.15) is 32.9 Å². The largest absolute Gasteiger partial charge is 0.488 e. The third-order valence-electron chi connectivity index (χ3n) is 5.76. The Kier molecular flexibility index (Phi) is 5.33. The van der Waals surface area contributed by atoms with E-state index in [0.29, 0.717) is 42.6 Å². The summed E-state index contributed by atoms with van der Waals surface area (Å²) in [4.78, 5) is 21.5. The van der Waals surface area contributed by atoms with Crippen molar-refractivity contribution in [3.63, 3.8) is 0 Å². The van der Waals surface area contributed by atoms with E-state index >= 15 is 0 Å². The molecule has 0 unspecified atom stereocenters. The molecule has 0 saturated heterocycles. The summed E-state index contributed by atoms with van der Waals surface area (Å²) in [5.41, 5.74) is 11.5. The highest BCUT2D eigenvalue weighted by Gasteiger charge is 2.23. The second-order valence-corrected chi connectivity index (χ2v) is 8.00. The van der Waals surface area contributed by atoms with Crippen molar-refractivity contribution in [2.45, 2.75) is 26.7 Å². The Labute approximate surface area is 190 Å². The minimum absolute atomic E-state index is 0.385. The van der Waals surface area contributed by atoms with Gasteiger partial charge in [0, 0.05) is 23.9 Å². The molecule has 1 aliphatic rings. The van der Waals surface area contributed by atoms with Gasteiger partial charge in [-0.25, -0.2) is 9.97 Å². The van der Waals surface area contributed by atoms with E-state index in [1.807, 2.05) is 25.3 Å². The zero-order chi connectivity index (χ0) is 23.1. The Bertz CT molecular complexity index is 1390. The van der Waals surface area contributed by atoms with E-state index in [0.717, 1.165) is 33.5 Å². The molecule has 0 saturated carbocycles. The van der Waals surface area contributed by atoms with E-state index in [9.17, 15) is 14.8 Å². The molecule has 5 N–H and O–H groups in total. The molecule has 0 bridgehead atoms. The molecule has 5 rings (SSSR count). The fraction of sp³-hybridized carbons (Fsp3) is 0.174. The van der Waals surface area contributed by atoms with Gasteiger partial charge in [-0.15, -0.1) is 0 Å². The molecule has 0 spiro atoms. The highest BCUT2D eigenvalue weighted by atomic mass is 16.5. The average Bonchev–Trinajstić information content (AvgIpc) is 3.40. The van der Waals surface area contributed by atoms with Gasteiger partial charge in [-0.1, -0.05) is 30.3 Å². The smallest absolute Gasteiger partial charge is 0.423 e. The molecular weight excluding hydrogens is 421 g/mol. The Morgan fingerprint density at radius 2 is 2.03 bits per heavy atom. The van der Waals surface area contributed by atoms with Crippen LogP contribution in [-0.4, -0.2) is 37.4 Å². The summed E-state index contributed by atoms with van der Waals surface area (Å²) in [6.45, 7) is 3.18. The second kappa shape index (κ2) is 8.32. The first-order valence-corrected chi connectivity index (χ1v) is 10.5. The number of hydrogen-bond donors (Lipinski definition) is 4. The number of fused-ring (bicyclic) bond motifs is 2. The summed E-state index contributed by atoms with van der Waals surface area (Å²) in [5.74, 6) is 0.679. The van der Waals surface area contributed by atoms with Crippen LogP contribution in [0, 0.1) is 6.92 Å². The minimum atomic E-state index is -1.52. The van der Waals surface area contributed by atoms with Crippen molar-refractivity contribution < 1.29 is 19.6 Å². The summed E-state index contributed by atoms with van der Waals surface area (Å²) in [7, 11) is -1.52. The van der Waals surface area contributed by atoms with Crippen molar-refractivity contribution in [3.05, 3.63) is 76.7 Å². The van der Waals surface area contributed by atoms with Crippen molar-refractivity contribution in [2.75, 3.05) is 5.32 Å². The number of nitrogens with zero attached hydrogens (tertiary/aromatic N) is 3. The molecule has 4 heterocycles. The van der Waals surface area contributed by atoms with Crippen molar-refractivity contribution in [3.8, 4) is 11.4 Å². The van der Waals surface area contributed by atoms with Crippen LogP contribution in [0.4, 0.5) is 5.82 Å². The van der Waals surface area contributed by atoms with Crippen LogP contribution in [0.25, 0.3) is 16.9 Å². The quantitative estimate of drug-likeness (QED) is 0.328. The number of primary amides is 1. The van der Waals surface area contributed by atoms with E-state index in [4.69, 9.17) is 20.4 Å². The lowest BCUT2D eigenvalue weighted by Gasteiger charge is -2.13. The predicted molar refractivity (Wildman–Crippen MR) is 124 cm³/mol. The Morgan fingerprint density at radius 3 is 2.82 bits per heavy atom. The zero-order valence-electron chi connectivity index (χ0n) is 17.9. The van der Waals surface area contributed by atoms with Crippen molar-refractivity contribution >= 4 is 29.8 Å². The molecule has 33 heavy (non-hydrogen) atoms. The highest BCUT2D eigenvalue weighted by molar-refractivity contribution is 6.58. The molecule has 1 amide bonds. The summed E-state index contributed by atoms with van der Waals surface area (Å²) in [6, 6.07) is 12.4. The number of ether oxygens (including phenoxy) is 1. The van der Waals surface area contributed by atoms with Crippen molar-refractivity contribution in [2.24, 2.45) is 5.73 Å². The highest BCUT2D eigenvalue weighted by Crippen LogP contribution is 2.33. The summed E-state index contributed by atoms with van der Waals surface area (Å²) >= 11 is 0. The number of nitrogens with one attached hydrogen (secondary N) is 1. The van der Waals surface area contributed by atoms with Crippen LogP contribution >= 0.6 is 0 Å². The van der Waals surface area contributed by atoms with E-state index in [1.165, 1.54) is 0 Å². The van der Waals surface area contributed by atoms with E-state index in [2.05, 4.69) is 5.32 Å². The molecule has 0 aliphatic carbocycles. The van der Waals surface area contributed by atoms with Crippen molar-refractivity contribution in [1.29, 1.82) is 0 Å². The zero-order valence-corrected chi connectivity index (χ0v) is 17.9. The number of hydrogen-bond acceptors (Lipinski definition) is 7. The monoisotopic (exact) mass is 443 g/mol. The summed E-state index contributed by atoms with van der Waals surface area (Å²) in [5, 5.41) is 22.2. The van der Waals surface area contributed by atoms with Gasteiger partial charge in [-0.2, -0.15) is 0 Å². The standard InChI is InChI=1S/C23H22BN5O4/c1-13-10-29-18(6-3-7-19(29)21(25)30)20(13)23-27-17-12-33-11-16(17)22(28-23)26-9-14-4-2-5-15(8-14)24(31)32/h2-8,10,31-32H,9,11-12H2,1H3,(H2,25,30)(H,26,27,28). The van der Waals surface area contributed by atoms with Gasteiger partial charge in [0.05, 0.1) is 24.4 Å². The number of nitrogens with two attached hydrogens (primary N) is 1.